The smallest absolute Gasteiger partial charge is 0.233 e. The van der Waals surface area contributed by atoms with E-state index >= 15 is 0 Å². The minimum atomic E-state index is -0.269. The van der Waals surface area contributed by atoms with Crippen molar-refractivity contribution in [3.8, 4) is 11.5 Å². The highest BCUT2D eigenvalue weighted by Crippen LogP contribution is 2.41. The maximum absolute atomic E-state index is 13.3. The third-order valence-corrected chi connectivity index (χ3v) is 5.24. The van der Waals surface area contributed by atoms with Gasteiger partial charge in [0.2, 0.25) is 5.91 Å². The van der Waals surface area contributed by atoms with E-state index in [1.165, 1.54) is 19.2 Å². The Hall–Kier alpha value is -2.21. The van der Waals surface area contributed by atoms with Crippen LogP contribution in [0.5, 0.6) is 11.5 Å². The summed E-state index contributed by atoms with van der Waals surface area (Å²) in [6, 6.07) is 11.5. The molecular formula is C18H18FNO3S. The molecular weight excluding hydrogens is 329 g/mol. The predicted molar refractivity (Wildman–Crippen MR) is 91.7 cm³/mol. The first kappa shape index (κ1) is 16.6. The van der Waals surface area contributed by atoms with Crippen molar-refractivity contribution in [2.45, 2.75) is 11.8 Å². The summed E-state index contributed by atoms with van der Waals surface area (Å²) in [5, 5.41) is 9.60. The Bertz CT molecular complexity index is 753. The van der Waals surface area contributed by atoms with E-state index in [0.29, 0.717) is 24.5 Å². The average molecular weight is 347 g/mol. The number of nitrogens with zero attached hydrogens (tertiary/aromatic N) is 1. The summed E-state index contributed by atoms with van der Waals surface area (Å²) in [5.74, 6) is 0.666. The number of hydrogen-bond donors (Lipinski definition) is 1. The number of aromatic hydroxyl groups is 1. The quantitative estimate of drug-likeness (QED) is 0.901. The molecule has 0 radical (unpaired) electrons. The maximum atomic E-state index is 13.3. The fraction of sp³-hybridized carbons (Fsp3) is 0.278. The Labute approximate surface area is 144 Å². The van der Waals surface area contributed by atoms with Crippen LogP contribution in [-0.2, 0) is 11.2 Å². The largest absolute Gasteiger partial charge is 0.504 e. The van der Waals surface area contributed by atoms with Gasteiger partial charge in [-0.3, -0.25) is 4.79 Å². The van der Waals surface area contributed by atoms with Crippen molar-refractivity contribution >= 4 is 17.7 Å². The normalized spacial score (nSPS) is 17.3. The van der Waals surface area contributed by atoms with Crippen LogP contribution in [-0.4, -0.2) is 35.3 Å². The van der Waals surface area contributed by atoms with E-state index in [4.69, 9.17) is 4.74 Å². The van der Waals surface area contributed by atoms with Crippen LogP contribution in [0.1, 0.15) is 16.5 Å². The summed E-state index contributed by atoms with van der Waals surface area (Å²) in [4.78, 5) is 14.0. The van der Waals surface area contributed by atoms with Gasteiger partial charge in [0.25, 0.3) is 0 Å². The molecule has 0 aliphatic carbocycles. The Balaban J connectivity index is 1.77. The summed E-state index contributed by atoms with van der Waals surface area (Å²) in [5.41, 5.74) is 1.77. The molecule has 1 saturated heterocycles. The molecule has 0 bridgehead atoms. The van der Waals surface area contributed by atoms with Gasteiger partial charge in [-0.15, -0.1) is 11.8 Å². The van der Waals surface area contributed by atoms with Crippen LogP contribution in [0.15, 0.2) is 42.5 Å². The first-order valence-electron chi connectivity index (χ1n) is 7.61. The molecule has 1 heterocycles. The Morgan fingerprint density at radius 3 is 2.92 bits per heavy atom. The van der Waals surface area contributed by atoms with Gasteiger partial charge >= 0.3 is 0 Å². The Morgan fingerprint density at radius 1 is 1.33 bits per heavy atom. The Morgan fingerprint density at radius 2 is 2.17 bits per heavy atom. The highest BCUT2D eigenvalue weighted by Gasteiger charge is 2.32. The number of thioether (sulfide) groups is 1. The van der Waals surface area contributed by atoms with Gasteiger partial charge in [0.05, 0.1) is 12.9 Å². The molecule has 2 aromatic rings. The zero-order valence-electron chi connectivity index (χ0n) is 13.2. The molecule has 1 fully saturated rings. The van der Waals surface area contributed by atoms with Crippen LogP contribution >= 0.6 is 11.8 Å². The molecule has 1 atom stereocenters. The summed E-state index contributed by atoms with van der Waals surface area (Å²) in [6.07, 6.45) is 0.593. The summed E-state index contributed by atoms with van der Waals surface area (Å²) in [7, 11) is 1.49. The first-order chi connectivity index (χ1) is 11.6. The standard InChI is InChI=1S/C18H18FNO3S/c1-23-16-10-13(5-6-15(16)21)18-20(17(22)11-24-18)8-7-12-3-2-4-14(19)9-12/h2-6,9-10,18,21H,7-8,11H2,1H3. The lowest BCUT2D eigenvalue weighted by Crippen LogP contribution is -2.30. The molecule has 1 aliphatic heterocycles. The van der Waals surface area contributed by atoms with Crippen LogP contribution in [0, 0.1) is 5.82 Å². The summed E-state index contributed by atoms with van der Waals surface area (Å²) < 4.78 is 18.4. The maximum Gasteiger partial charge on any atom is 0.233 e. The molecule has 3 rings (SSSR count). The number of carbonyl (C=O) groups is 1. The predicted octanol–water partition coefficient (Wildman–Crippen LogP) is 3.36. The Kier molecular flexibility index (Phi) is 4.94. The number of carbonyl (C=O) groups excluding carboxylic acids is 1. The van der Waals surface area contributed by atoms with Crippen LogP contribution in [0.4, 0.5) is 4.39 Å². The van der Waals surface area contributed by atoms with Gasteiger partial charge in [0.15, 0.2) is 11.5 Å². The number of phenols is 1. The minimum Gasteiger partial charge on any atom is -0.504 e. The van der Waals surface area contributed by atoms with Crippen molar-refractivity contribution in [2.75, 3.05) is 19.4 Å². The molecule has 126 valence electrons. The monoisotopic (exact) mass is 347 g/mol. The van der Waals surface area contributed by atoms with Gasteiger partial charge in [-0.05, 0) is 41.8 Å². The van der Waals surface area contributed by atoms with Crippen molar-refractivity contribution < 1.29 is 19.0 Å². The second-order valence-corrected chi connectivity index (χ2v) is 6.63. The fourth-order valence-corrected chi connectivity index (χ4v) is 3.97. The lowest BCUT2D eigenvalue weighted by atomic mass is 10.1. The highest BCUT2D eigenvalue weighted by atomic mass is 32.2. The van der Waals surface area contributed by atoms with E-state index in [1.807, 2.05) is 6.07 Å². The van der Waals surface area contributed by atoms with E-state index in [-0.39, 0.29) is 22.8 Å². The van der Waals surface area contributed by atoms with Crippen molar-refractivity contribution in [1.29, 1.82) is 0 Å². The van der Waals surface area contributed by atoms with Crippen molar-refractivity contribution in [2.24, 2.45) is 0 Å². The number of ether oxygens (including phenoxy) is 1. The molecule has 0 saturated carbocycles. The average Bonchev–Trinajstić information content (AvgIpc) is 2.94. The van der Waals surface area contributed by atoms with Gasteiger partial charge in [-0.1, -0.05) is 18.2 Å². The van der Waals surface area contributed by atoms with Crippen molar-refractivity contribution in [3.63, 3.8) is 0 Å². The molecule has 0 aromatic heterocycles. The molecule has 6 heteroatoms. The molecule has 2 aromatic carbocycles. The second kappa shape index (κ2) is 7.13. The van der Waals surface area contributed by atoms with E-state index in [1.54, 1.807) is 40.9 Å². The number of benzene rings is 2. The lowest BCUT2D eigenvalue weighted by Gasteiger charge is -2.24. The zero-order valence-corrected chi connectivity index (χ0v) is 14.1. The molecule has 24 heavy (non-hydrogen) atoms. The van der Waals surface area contributed by atoms with Crippen LogP contribution in [0.3, 0.4) is 0 Å². The van der Waals surface area contributed by atoms with Crippen LogP contribution in [0.25, 0.3) is 0 Å². The minimum absolute atomic E-state index is 0.0634. The molecule has 0 spiro atoms. The van der Waals surface area contributed by atoms with Gasteiger partial charge in [0.1, 0.15) is 11.2 Å². The number of hydrogen-bond acceptors (Lipinski definition) is 4. The number of rotatable bonds is 5. The zero-order chi connectivity index (χ0) is 17.1. The fourth-order valence-electron chi connectivity index (χ4n) is 2.76. The van der Waals surface area contributed by atoms with Gasteiger partial charge in [0, 0.05) is 6.54 Å². The summed E-state index contributed by atoms with van der Waals surface area (Å²) in [6.45, 7) is 0.517. The van der Waals surface area contributed by atoms with Crippen LogP contribution < -0.4 is 4.74 Å². The van der Waals surface area contributed by atoms with E-state index in [2.05, 4.69) is 0 Å². The molecule has 1 aliphatic rings. The first-order valence-corrected chi connectivity index (χ1v) is 8.66. The molecule has 1 amide bonds. The van der Waals surface area contributed by atoms with Crippen LogP contribution in [0.2, 0.25) is 0 Å². The van der Waals surface area contributed by atoms with Crippen molar-refractivity contribution in [3.05, 3.63) is 59.4 Å². The van der Waals surface area contributed by atoms with E-state index in [0.717, 1.165) is 11.1 Å². The highest BCUT2D eigenvalue weighted by molar-refractivity contribution is 8.00. The van der Waals surface area contributed by atoms with Crippen molar-refractivity contribution in [1.82, 2.24) is 4.90 Å². The third-order valence-electron chi connectivity index (χ3n) is 3.99. The number of halogens is 1. The second-order valence-electron chi connectivity index (χ2n) is 5.56. The van der Waals surface area contributed by atoms with E-state index < -0.39 is 0 Å². The van der Waals surface area contributed by atoms with Gasteiger partial charge in [-0.25, -0.2) is 4.39 Å². The van der Waals surface area contributed by atoms with Gasteiger partial charge < -0.3 is 14.7 Å². The number of amides is 1. The molecule has 1 N–H and O–H groups in total. The van der Waals surface area contributed by atoms with E-state index in [9.17, 15) is 14.3 Å². The summed E-state index contributed by atoms with van der Waals surface area (Å²) >= 11 is 1.54. The molecule has 4 nitrogen and oxygen atoms in total. The third kappa shape index (κ3) is 3.48. The molecule has 1 unspecified atom stereocenters. The number of phenolic OH excluding ortho intramolecular Hbond substituents is 1. The topological polar surface area (TPSA) is 49.8 Å². The number of methoxy groups -OCH3 is 1. The van der Waals surface area contributed by atoms with Gasteiger partial charge in [-0.2, -0.15) is 0 Å². The SMILES string of the molecule is COc1cc(C2SCC(=O)N2CCc2cccc(F)c2)ccc1O. The lowest BCUT2D eigenvalue weighted by molar-refractivity contribution is -0.128.